The number of carboxylic acids is 1. The fourth-order valence-electron chi connectivity index (χ4n) is 9.24. The van der Waals surface area contributed by atoms with Gasteiger partial charge in [-0.05, 0) is 99.6 Å². The second-order valence-electron chi connectivity index (χ2n) is 13.5. The van der Waals surface area contributed by atoms with Crippen LogP contribution in [-0.4, -0.2) is 56.7 Å². The Bertz CT molecular complexity index is 1290. The third-order valence-corrected chi connectivity index (χ3v) is 11.6. The molecule has 3 aliphatic carbocycles. The lowest BCUT2D eigenvalue weighted by molar-refractivity contribution is -0.140. The van der Waals surface area contributed by atoms with E-state index in [1.807, 2.05) is 28.8 Å². The van der Waals surface area contributed by atoms with Crippen molar-refractivity contribution in [3.8, 4) is 0 Å². The van der Waals surface area contributed by atoms with Gasteiger partial charge in [0.15, 0.2) is 5.82 Å². The van der Waals surface area contributed by atoms with Crippen molar-refractivity contribution in [2.45, 2.75) is 102 Å². The van der Waals surface area contributed by atoms with E-state index in [0.29, 0.717) is 36.3 Å². The van der Waals surface area contributed by atoms with E-state index in [1.165, 1.54) is 51.5 Å². The lowest BCUT2D eigenvalue weighted by Gasteiger charge is -2.60. The molecular weight excluding hydrogens is 476 g/mol. The molecule has 4 bridgehead atoms. The molecule has 3 aliphatic heterocycles. The van der Waals surface area contributed by atoms with Gasteiger partial charge < -0.3 is 14.6 Å². The zero-order chi connectivity index (χ0) is 26.2. The number of carbonyl (C=O) groups is 1. The largest absolute Gasteiger partial charge is 0.480 e. The lowest BCUT2D eigenvalue weighted by atomic mass is 9.45. The summed E-state index contributed by atoms with van der Waals surface area (Å²) in [6, 6.07) is 8.43. The summed E-state index contributed by atoms with van der Waals surface area (Å²) in [5.41, 5.74) is 2.09. The highest BCUT2D eigenvalue weighted by atomic mass is 16.4. The van der Waals surface area contributed by atoms with Gasteiger partial charge in [0.25, 0.3) is 5.56 Å². The highest BCUT2D eigenvalue weighted by Gasteiger charge is 2.54. The first-order valence-corrected chi connectivity index (χ1v) is 15.1. The van der Waals surface area contributed by atoms with Crippen LogP contribution in [0.5, 0.6) is 0 Å². The molecule has 6 aliphatic rings. The van der Waals surface area contributed by atoms with Gasteiger partial charge in [0.1, 0.15) is 6.04 Å². The molecule has 4 heterocycles. The molecular formula is C31H42N4O3. The highest BCUT2D eigenvalue weighted by molar-refractivity contribution is 5.81. The van der Waals surface area contributed by atoms with E-state index in [2.05, 4.69) is 18.7 Å². The summed E-state index contributed by atoms with van der Waals surface area (Å²) in [6.45, 7) is 6.78. The molecule has 0 amide bonds. The van der Waals surface area contributed by atoms with Crippen molar-refractivity contribution in [2.75, 3.05) is 18.0 Å². The van der Waals surface area contributed by atoms with Crippen molar-refractivity contribution in [2.24, 2.45) is 23.2 Å². The number of benzene rings is 1. The Labute approximate surface area is 225 Å². The van der Waals surface area contributed by atoms with E-state index in [4.69, 9.17) is 4.98 Å². The van der Waals surface area contributed by atoms with Gasteiger partial charge in [-0.1, -0.05) is 32.4 Å². The summed E-state index contributed by atoms with van der Waals surface area (Å²) in [6.07, 6.45) is 11.9. The van der Waals surface area contributed by atoms with Crippen molar-refractivity contribution in [3.05, 3.63) is 34.6 Å². The second kappa shape index (κ2) is 9.07. The number of nitrogens with zero attached hydrogens (tertiary/aromatic N) is 4. The lowest BCUT2D eigenvalue weighted by Crippen LogP contribution is -2.56. The van der Waals surface area contributed by atoms with Gasteiger partial charge >= 0.3 is 5.97 Å². The van der Waals surface area contributed by atoms with Crippen LogP contribution in [0.4, 0.5) is 5.82 Å². The molecule has 3 saturated heterocycles. The Hall–Kier alpha value is -2.41. The van der Waals surface area contributed by atoms with Crippen LogP contribution in [0.15, 0.2) is 29.1 Å². The standard InChI is InChI=1S/C31H42N4O3/c1-31(2)20-11-10-19(24(31)16-20)12-14-33-21-6-5-7-22(33)18-23(17-21)35-26-9-4-3-8-25(26)32-28(29(35)36)34-15-13-27(34)30(37)38/h3-4,8-9,19-24,27H,5-7,10-18H2,1-2H3,(H,37,38)/t19-,20-,21-,22+,23?,24-,27-/m0/s1. The minimum absolute atomic E-state index is 0.116. The number of anilines is 1. The quantitative estimate of drug-likeness (QED) is 0.575. The summed E-state index contributed by atoms with van der Waals surface area (Å²) < 4.78 is 2.00. The summed E-state index contributed by atoms with van der Waals surface area (Å²) in [5, 5.41) is 9.63. The third-order valence-electron chi connectivity index (χ3n) is 11.6. The maximum absolute atomic E-state index is 14.0. The van der Waals surface area contributed by atoms with E-state index < -0.39 is 12.0 Å². The van der Waals surface area contributed by atoms with Gasteiger partial charge in [-0.2, -0.15) is 0 Å². The maximum atomic E-state index is 14.0. The molecule has 7 heteroatoms. The summed E-state index contributed by atoms with van der Waals surface area (Å²) >= 11 is 0. The van der Waals surface area contributed by atoms with Crippen molar-refractivity contribution in [1.82, 2.24) is 14.5 Å². The average Bonchev–Trinajstić information content (AvgIpc) is 2.86. The SMILES string of the molecule is CC1(C)[C@H]2CC[C@@H](CCN3[C@@H]4CCC[C@H]3CC(n3c(=O)c(N5CC[C@H]5C(=O)O)nc5ccccc53)C4)[C@@H]1C2. The van der Waals surface area contributed by atoms with Crippen LogP contribution >= 0.6 is 0 Å². The number of hydrogen-bond donors (Lipinski definition) is 1. The Morgan fingerprint density at radius 1 is 1.03 bits per heavy atom. The predicted molar refractivity (Wildman–Crippen MR) is 149 cm³/mol. The van der Waals surface area contributed by atoms with Crippen LogP contribution in [-0.2, 0) is 4.79 Å². The molecule has 8 rings (SSSR count). The van der Waals surface area contributed by atoms with E-state index in [-0.39, 0.29) is 11.6 Å². The van der Waals surface area contributed by atoms with Crippen molar-refractivity contribution >= 4 is 22.8 Å². The van der Waals surface area contributed by atoms with E-state index >= 15 is 0 Å². The van der Waals surface area contributed by atoms with Crippen molar-refractivity contribution < 1.29 is 9.90 Å². The van der Waals surface area contributed by atoms with Gasteiger partial charge in [0.2, 0.25) is 0 Å². The highest BCUT2D eigenvalue weighted by Crippen LogP contribution is 2.62. The Morgan fingerprint density at radius 3 is 2.45 bits per heavy atom. The molecule has 204 valence electrons. The Kier molecular flexibility index (Phi) is 5.88. The molecule has 2 aromatic rings. The van der Waals surface area contributed by atoms with E-state index in [0.717, 1.165) is 41.6 Å². The van der Waals surface area contributed by atoms with Crippen LogP contribution in [0, 0.1) is 23.2 Å². The maximum Gasteiger partial charge on any atom is 0.326 e. The predicted octanol–water partition coefficient (Wildman–Crippen LogP) is 5.08. The van der Waals surface area contributed by atoms with E-state index in [1.54, 1.807) is 4.90 Å². The number of fused-ring (bicyclic) bond motifs is 5. The number of para-hydroxylation sites is 2. The van der Waals surface area contributed by atoms with Crippen molar-refractivity contribution in [3.63, 3.8) is 0 Å². The minimum Gasteiger partial charge on any atom is -0.480 e. The fraction of sp³-hybridized carbons (Fsp3) is 0.710. The average molecular weight is 519 g/mol. The zero-order valence-electron chi connectivity index (χ0n) is 22.9. The van der Waals surface area contributed by atoms with Gasteiger partial charge in [-0.3, -0.25) is 9.69 Å². The molecule has 6 fully saturated rings. The molecule has 1 aromatic heterocycles. The Morgan fingerprint density at radius 2 is 1.79 bits per heavy atom. The normalized spacial score (nSPS) is 35.9. The number of carboxylic acid groups (broad SMARTS) is 1. The molecule has 38 heavy (non-hydrogen) atoms. The van der Waals surface area contributed by atoms with Gasteiger partial charge in [-0.15, -0.1) is 0 Å². The first kappa shape index (κ1) is 24.6. The molecule has 1 unspecified atom stereocenters. The summed E-state index contributed by atoms with van der Waals surface area (Å²) in [7, 11) is 0. The first-order valence-electron chi connectivity index (χ1n) is 15.1. The van der Waals surface area contributed by atoms with Gasteiger partial charge in [0.05, 0.1) is 11.0 Å². The van der Waals surface area contributed by atoms with Crippen LogP contribution in [0.1, 0.15) is 84.1 Å². The number of hydrogen-bond acceptors (Lipinski definition) is 5. The smallest absolute Gasteiger partial charge is 0.326 e. The topological polar surface area (TPSA) is 78.7 Å². The molecule has 7 atom stereocenters. The monoisotopic (exact) mass is 518 g/mol. The van der Waals surface area contributed by atoms with Crippen LogP contribution in [0.25, 0.3) is 11.0 Å². The molecule has 0 radical (unpaired) electrons. The Balaban J connectivity index is 1.15. The third kappa shape index (κ3) is 3.75. The van der Waals surface area contributed by atoms with E-state index in [9.17, 15) is 14.7 Å². The second-order valence-corrected chi connectivity index (χ2v) is 13.5. The van der Waals surface area contributed by atoms with Crippen molar-refractivity contribution in [1.29, 1.82) is 0 Å². The summed E-state index contributed by atoms with van der Waals surface area (Å²) in [4.78, 5) is 34.9. The first-order chi connectivity index (χ1) is 18.3. The number of piperidine rings is 2. The number of rotatable bonds is 6. The van der Waals surface area contributed by atoms with Crippen LogP contribution in [0.2, 0.25) is 0 Å². The summed E-state index contributed by atoms with van der Waals surface area (Å²) in [5.74, 6) is 2.18. The molecule has 7 nitrogen and oxygen atoms in total. The molecule has 1 N–H and O–H groups in total. The number of aromatic nitrogens is 2. The van der Waals surface area contributed by atoms with Crippen LogP contribution in [0.3, 0.4) is 0 Å². The number of aliphatic carboxylic acids is 1. The zero-order valence-corrected chi connectivity index (χ0v) is 22.9. The van der Waals surface area contributed by atoms with Gasteiger partial charge in [-0.25, -0.2) is 9.78 Å². The molecule has 3 saturated carbocycles. The molecule has 0 spiro atoms. The minimum atomic E-state index is -0.876. The van der Waals surface area contributed by atoms with Crippen LogP contribution < -0.4 is 10.5 Å². The fourth-order valence-corrected chi connectivity index (χ4v) is 9.24. The van der Waals surface area contributed by atoms with Gasteiger partial charge in [0, 0.05) is 24.7 Å². The molecule has 1 aromatic carbocycles.